The van der Waals surface area contributed by atoms with Gasteiger partial charge in [-0.25, -0.2) is 0 Å². The van der Waals surface area contributed by atoms with E-state index < -0.39 is 0 Å². The summed E-state index contributed by atoms with van der Waals surface area (Å²) in [5.41, 5.74) is 0. The van der Waals surface area contributed by atoms with Gasteiger partial charge >= 0.3 is 0 Å². The third kappa shape index (κ3) is 7.99. The highest BCUT2D eigenvalue weighted by Gasteiger charge is 2.26. The maximum atomic E-state index is 12.0. The van der Waals surface area contributed by atoms with E-state index >= 15 is 0 Å². The van der Waals surface area contributed by atoms with Crippen molar-refractivity contribution in [1.29, 1.82) is 0 Å². The molecule has 0 saturated carbocycles. The number of carbonyl (C=O) groups is 2. The van der Waals surface area contributed by atoms with Gasteiger partial charge in [0, 0.05) is 32.0 Å². The van der Waals surface area contributed by atoms with Crippen LogP contribution in [0.2, 0.25) is 0 Å². The maximum absolute atomic E-state index is 12.0. The third-order valence-corrected chi connectivity index (χ3v) is 4.12. The fourth-order valence-corrected chi connectivity index (χ4v) is 2.70. The van der Waals surface area contributed by atoms with Crippen LogP contribution in [0.25, 0.3) is 0 Å². The molecule has 0 radical (unpaired) electrons. The molecule has 130 valence electrons. The van der Waals surface area contributed by atoms with Crippen LogP contribution >= 0.6 is 12.4 Å². The molecule has 0 atom stereocenters. The van der Waals surface area contributed by atoms with Crippen LogP contribution in [0.15, 0.2) is 0 Å². The number of rotatable bonds is 9. The molecule has 1 rings (SSSR count). The van der Waals surface area contributed by atoms with Crippen molar-refractivity contribution in [2.24, 2.45) is 5.92 Å². The Hall–Kier alpha value is -0.810. The molecule has 0 bridgehead atoms. The maximum Gasteiger partial charge on any atom is 0.223 e. The van der Waals surface area contributed by atoms with Crippen molar-refractivity contribution >= 4 is 24.2 Å². The molecule has 0 aromatic heterocycles. The van der Waals surface area contributed by atoms with Gasteiger partial charge in [-0.15, -0.1) is 12.4 Å². The van der Waals surface area contributed by atoms with Crippen LogP contribution in [-0.2, 0) is 9.59 Å². The van der Waals surface area contributed by atoms with E-state index in [2.05, 4.69) is 17.6 Å². The lowest BCUT2D eigenvalue weighted by atomic mass is 9.95. The second kappa shape index (κ2) is 12.7. The first-order valence-corrected chi connectivity index (χ1v) is 8.39. The molecule has 0 unspecified atom stereocenters. The molecule has 0 aliphatic carbocycles. The summed E-state index contributed by atoms with van der Waals surface area (Å²) < 4.78 is 0. The van der Waals surface area contributed by atoms with Crippen LogP contribution < -0.4 is 10.6 Å². The van der Waals surface area contributed by atoms with Crippen LogP contribution in [0.4, 0.5) is 0 Å². The summed E-state index contributed by atoms with van der Waals surface area (Å²) in [6.45, 7) is 5.28. The van der Waals surface area contributed by atoms with Crippen molar-refractivity contribution < 1.29 is 9.59 Å². The van der Waals surface area contributed by atoms with Gasteiger partial charge < -0.3 is 15.5 Å². The quantitative estimate of drug-likeness (QED) is 0.634. The van der Waals surface area contributed by atoms with E-state index in [9.17, 15) is 9.59 Å². The Labute approximate surface area is 141 Å². The minimum atomic E-state index is 0. The van der Waals surface area contributed by atoms with Crippen molar-refractivity contribution in [2.75, 3.05) is 33.2 Å². The average molecular weight is 334 g/mol. The fourth-order valence-electron chi connectivity index (χ4n) is 2.70. The smallest absolute Gasteiger partial charge is 0.223 e. The van der Waals surface area contributed by atoms with E-state index in [0.29, 0.717) is 6.42 Å². The van der Waals surface area contributed by atoms with Gasteiger partial charge in [0.05, 0.1) is 0 Å². The summed E-state index contributed by atoms with van der Waals surface area (Å²) in [6.07, 6.45) is 6.49. The first-order valence-electron chi connectivity index (χ1n) is 8.39. The van der Waals surface area contributed by atoms with Crippen molar-refractivity contribution in [1.82, 2.24) is 15.5 Å². The van der Waals surface area contributed by atoms with E-state index in [1.807, 2.05) is 11.9 Å². The number of unbranched alkanes of at least 4 members (excludes halogenated alkanes) is 2. The highest BCUT2D eigenvalue weighted by molar-refractivity contribution is 5.85. The molecule has 1 aliphatic heterocycles. The second-order valence-electron chi connectivity index (χ2n) is 5.86. The second-order valence-corrected chi connectivity index (χ2v) is 5.86. The summed E-state index contributed by atoms with van der Waals surface area (Å²) in [5.74, 6) is 0.494. The summed E-state index contributed by atoms with van der Waals surface area (Å²) >= 11 is 0. The van der Waals surface area contributed by atoms with Crippen LogP contribution in [-0.4, -0.2) is 49.9 Å². The lowest BCUT2D eigenvalue weighted by Gasteiger charge is -2.31. The van der Waals surface area contributed by atoms with Gasteiger partial charge in [-0.3, -0.25) is 9.59 Å². The summed E-state index contributed by atoms with van der Waals surface area (Å²) in [5, 5.41) is 6.08. The van der Waals surface area contributed by atoms with E-state index in [-0.39, 0.29) is 30.1 Å². The first kappa shape index (κ1) is 21.2. The van der Waals surface area contributed by atoms with Gasteiger partial charge in [0.1, 0.15) is 0 Å². The Kier molecular flexibility index (Phi) is 12.2. The molecule has 1 saturated heterocycles. The number of hydrogen-bond donors (Lipinski definition) is 2. The number of hydrogen-bond acceptors (Lipinski definition) is 3. The molecule has 0 aromatic rings. The molecule has 22 heavy (non-hydrogen) atoms. The van der Waals surface area contributed by atoms with Gasteiger partial charge in [-0.05, 0) is 39.3 Å². The highest BCUT2D eigenvalue weighted by Crippen LogP contribution is 2.18. The van der Waals surface area contributed by atoms with E-state index in [1.54, 1.807) is 0 Å². The van der Waals surface area contributed by atoms with Crippen molar-refractivity contribution in [3.8, 4) is 0 Å². The SMILES string of the molecule is CCCCCNC(=O)C1CCN(C(=O)CCCNC)CC1.Cl. The Bertz CT molecular complexity index is 319. The van der Waals surface area contributed by atoms with Crippen molar-refractivity contribution in [2.45, 2.75) is 51.9 Å². The minimum absolute atomic E-state index is 0. The molecular formula is C16H32ClN3O2. The molecule has 0 spiro atoms. The normalized spacial score (nSPS) is 15.3. The number of halogens is 1. The van der Waals surface area contributed by atoms with Gasteiger partial charge in [0.15, 0.2) is 0 Å². The highest BCUT2D eigenvalue weighted by atomic mass is 35.5. The summed E-state index contributed by atoms with van der Waals surface area (Å²) in [6, 6.07) is 0. The Morgan fingerprint density at radius 3 is 2.36 bits per heavy atom. The average Bonchev–Trinajstić information content (AvgIpc) is 2.51. The molecule has 2 N–H and O–H groups in total. The number of likely N-dealkylation sites (tertiary alicyclic amines) is 1. The van der Waals surface area contributed by atoms with Crippen LogP contribution in [0, 0.1) is 5.92 Å². The minimum Gasteiger partial charge on any atom is -0.356 e. The largest absolute Gasteiger partial charge is 0.356 e. The summed E-state index contributed by atoms with van der Waals surface area (Å²) in [4.78, 5) is 25.9. The zero-order valence-corrected chi connectivity index (χ0v) is 14.8. The van der Waals surface area contributed by atoms with Crippen molar-refractivity contribution in [3.63, 3.8) is 0 Å². The Morgan fingerprint density at radius 2 is 1.77 bits per heavy atom. The zero-order valence-electron chi connectivity index (χ0n) is 14.0. The number of carbonyl (C=O) groups excluding carboxylic acids is 2. The number of piperidine rings is 1. The van der Waals surface area contributed by atoms with Crippen molar-refractivity contribution in [3.05, 3.63) is 0 Å². The molecule has 1 fully saturated rings. The number of nitrogens with one attached hydrogen (secondary N) is 2. The van der Waals surface area contributed by atoms with Gasteiger partial charge in [0.2, 0.25) is 11.8 Å². The lowest BCUT2D eigenvalue weighted by Crippen LogP contribution is -2.43. The fraction of sp³-hybridized carbons (Fsp3) is 0.875. The summed E-state index contributed by atoms with van der Waals surface area (Å²) in [7, 11) is 1.90. The Morgan fingerprint density at radius 1 is 1.09 bits per heavy atom. The Balaban J connectivity index is 0.00000441. The van der Waals surface area contributed by atoms with Gasteiger partial charge in [-0.1, -0.05) is 19.8 Å². The predicted molar refractivity (Wildman–Crippen MR) is 92.2 cm³/mol. The van der Waals surface area contributed by atoms with Gasteiger partial charge in [-0.2, -0.15) is 0 Å². The zero-order chi connectivity index (χ0) is 15.5. The molecule has 5 nitrogen and oxygen atoms in total. The van der Waals surface area contributed by atoms with Gasteiger partial charge in [0.25, 0.3) is 0 Å². The molecule has 0 aromatic carbocycles. The first-order chi connectivity index (χ1) is 10.2. The molecule has 1 aliphatic rings. The monoisotopic (exact) mass is 333 g/mol. The van der Waals surface area contributed by atoms with Crippen LogP contribution in [0.1, 0.15) is 51.9 Å². The molecule has 2 amide bonds. The number of amides is 2. The molecule has 1 heterocycles. The lowest BCUT2D eigenvalue weighted by molar-refractivity contribution is -0.135. The number of nitrogens with zero attached hydrogens (tertiary/aromatic N) is 1. The molecular weight excluding hydrogens is 302 g/mol. The van der Waals surface area contributed by atoms with E-state index in [4.69, 9.17) is 0 Å². The standard InChI is InChI=1S/C16H31N3O2.ClH/c1-3-4-5-11-18-16(21)14-8-12-19(13-9-14)15(20)7-6-10-17-2;/h14,17H,3-13H2,1-2H3,(H,18,21);1H. The predicted octanol–water partition coefficient (Wildman–Crippen LogP) is 1.95. The van der Waals surface area contributed by atoms with Crippen LogP contribution in [0.5, 0.6) is 0 Å². The third-order valence-electron chi connectivity index (χ3n) is 4.12. The van der Waals surface area contributed by atoms with Crippen LogP contribution in [0.3, 0.4) is 0 Å². The van der Waals surface area contributed by atoms with E-state index in [0.717, 1.165) is 51.9 Å². The topological polar surface area (TPSA) is 61.4 Å². The van der Waals surface area contributed by atoms with E-state index in [1.165, 1.54) is 12.8 Å². The molecule has 6 heteroatoms.